The predicted octanol–water partition coefficient (Wildman–Crippen LogP) is 2.57. The summed E-state index contributed by atoms with van der Waals surface area (Å²) in [7, 11) is 1.57. The average molecular weight is 340 g/mol. The van der Waals surface area contributed by atoms with Crippen LogP contribution in [0.15, 0.2) is 42.6 Å². The minimum atomic E-state index is -0.271. The van der Waals surface area contributed by atoms with E-state index in [2.05, 4.69) is 10.3 Å². The van der Waals surface area contributed by atoms with Crippen LogP contribution >= 0.6 is 0 Å². The van der Waals surface area contributed by atoms with Crippen molar-refractivity contribution < 1.29 is 14.6 Å². The molecule has 1 heterocycles. The summed E-state index contributed by atoms with van der Waals surface area (Å²) in [5.74, 6) is 0.752. The SMILES string of the molecule is COc1ccc([C@@H](NC(=O)Cc2cccc(C)c2)C2CC(O)C2)cn1. The van der Waals surface area contributed by atoms with Crippen LogP contribution in [0.3, 0.4) is 0 Å². The Hall–Kier alpha value is -2.40. The first kappa shape index (κ1) is 17.4. The fourth-order valence-electron chi connectivity index (χ4n) is 3.30. The van der Waals surface area contributed by atoms with Gasteiger partial charge in [0.25, 0.3) is 0 Å². The number of nitrogens with zero attached hydrogens (tertiary/aromatic N) is 1. The van der Waals surface area contributed by atoms with Crippen molar-refractivity contribution in [1.82, 2.24) is 10.3 Å². The minimum Gasteiger partial charge on any atom is -0.481 e. The quantitative estimate of drug-likeness (QED) is 0.848. The first-order valence-corrected chi connectivity index (χ1v) is 8.58. The van der Waals surface area contributed by atoms with Gasteiger partial charge in [0.15, 0.2) is 0 Å². The molecule has 0 aliphatic heterocycles. The van der Waals surface area contributed by atoms with Crippen LogP contribution in [0.5, 0.6) is 5.88 Å². The number of hydrogen-bond acceptors (Lipinski definition) is 4. The molecule has 0 unspecified atom stereocenters. The summed E-state index contributed by atoms with van der Waals surface area (Å²) in [5, 5.41) is 12.8. The molecule has 1 amide bonds. The second-order valence-corrected chi connectivity index (χ2v) is 6.73. The maximum absolute atomic E-state index is 12.5. The lowest BCUT2D eigenvalue weighted by atomic mass is 9.75. The van der Waals surface area contributed by atoms with Crippen LogP contribution < -0.4 is 10.1 Å². The van der Waals surface area contributed by atoms with E-state index in [-0.39, 0.29) is 24.0 Å². The lowest BCUT2D eigenvalue weighted by Crippen LogP contribution is -2.41. The summed E-state index contributed by atoms with van der Waals surface area (Å²) in [4.78, 5) is 16.8. The van der Waals surface area contributed by atoms with Crippen molar-refractivity contribution in [1.29, 1.82) is 0 Å². The number of ether oxygens (including phenoxy) is 1. The van der Waals surface area contributed by atoms with Crippen molar-refractivity contribution >= 4 is 5.91 Å². The molecular formula is C20H24N2O3. The van der Waals surface area contributed by atoms with Crippen molar-refractivity contribution in [3.05, 3.63) is 59.3 Å². The van der Waals surface area contributed by atoms with Gasteiger partial charge in [-0.2, -0.15) is 0 Å². The smallest absolute Gasteiger partial charge is 0.224 e. The van der Waals surface area contributed by atoms with E-state index < -0.39 is 0 Å². The molecule has 1 aliphatic carbocycles. The molecule has 3 rings (SSSR count). The Bertz CT molecular complexity index is 724. The molecule has 1 aromatic carbocycles. The largest absolute Gasteiger partial charge is 0.481 e. The fraction of sp³-hybridized carbons (Fsp3) is 0.400. The molecule has 132 valence electrons. The van der Waals surface area contributed by atoms with Crippen LogP contribution in [0, 0.1) is 12.8 Å². The highest BCUT2D eigenvalue weighted by Crippen LogP contribution is 2.38. The number of pyridine rings is 1. The molecule has 2 aromatic rings. The number of amides is 1. The third-order valence-electron chi connectivity index (χ3n) is 4.71. The number of aryl methyl sites for hydroxylation is 1. The predicted molar refractivity (Wildman–Crippen MR) is 95.3 cm³/mol. The summed E-state index contributed by atoms with van der Waals surface area (Å²) in [5.41, 5.74) is 3.08. The van der Waals surface area contributed by atoms with Crippen molar-refractivity contribution in [2.24, 2.45) is 5.92 Å². The van der Waals surface area contributed by atoms with Crippen LogP contribution in [0.4, 0.5) is 0 Å². The van der Waals surface area contributed by atoms with Crippen LogP contribution in [-0.4, -0.2) is 29.2 Å². The average Bonchev–Trinajstić information content (AvgIpc) is 2.57. The summed E-state index contributed by atoms with van der Waals surface area (Å²) in [6.45, 7) is 2.02. The van der Waals surface area contributed by atoms with Crippen molar-refractivity contribution in [2.75, 3.05) is 7.11 Å². The molecule has 5 heteroatoms. The summed E-state index contributed by atoms with van der Waals surface area (Å²) < 4.78 is 5.10. The van der Waals surface area contributed by atoms with Gasteiger partial charge in [-0.05, 0) is 36.8 Å². The van der Waals surface area contributed by atoms with Crippen LogP contribution in [-0.2, 0) is 11.2 Å². The van der Waals surface area contributed by atoms with E-state index in [9.17, 15) is 9.90 Å². The first-order valence-electron chi connectivity index (χ1n) is 8.58. The number of aromatic nitrogens is 1. The molecule has 5 nitrogen and oxygen atoms in total. The fourth-order valence-corrected chi connectivity index (χ4v) is 3.30. The minimum absolute atomic E-state index is 0.0205. The van der Waals surface area contributed by atoms with Crippen LogP contribution in [0.2, 0.25) is 0 Å². The van der Waals surface area contributed by atoms with Crippen molar-refractivity contribution in [3.63, 3.8) is 0 Å². The Labute approximate surface area is 148 Å². The van der Waals surface area contributed by atoms with Crippen LogP contribution in [0.25, 0.3) is 0 Å². The Kier molecular flexibility index (Phi) is 5.34. The molecule has 1 aromatic heterocycles. The molecule has 0 radical (unpaired) electrons. The number of carbonyl (C=O) groups excluding carboxylic acids is 1. The Morgan fingerprint density at radius 1 is 1.36 bits per heavy atom. The molecular weight excluding hydrogens is 316 g/mol. The number of rotatable bonds is 6. The third kappa shape index (κ3) is 4.37. The van der Waals surface area contributed by atoms with E-state index in [4.69, 9.17) is 4.74 Å². The molecule has 0 saturated heterocycles. The number of benzene rings is 1. The van der Waals surface area contributed by atoms with E-state index in [1.54, 1.807) is 19.4 Å². The maximum atomic E-state index is 12.5. The van der Waals surface area contributed by atoms with Gasteiger partial charge in [0.2, 0.25) is 11.8 Å². The molecule has 1 aliphatic rings. The van der Waals surface area contributed by atoms with E-state index in [1.807, 2.05) is 37.3 Å². The normalized spacial score (nSPS) is 20.4. The standard InChI is InChI=1S/C20H24N2O3/c1-13-4-3-5-14(8-13)9-18(24)22-20(16-10-17(23)11-16)15-6-7-19(25-2)21-12-15/h3-8,12,16-17,20,23H,9-11H2,1-2H3,(H,22,24)/t16?,17?,20-/m1/s1. The lowest BCUT2D eigenvalue weighted by Gasteiger charge is -2.38. The maximum Gasteiger partial charge on any atom is 0.224 e. The van der Waals surface area contributed by atoms with Gasteiger partial charge >= 0.3 is 0 Å². The number of carbonyl (C=O) groups is 1. The summed E-state index contributed by atoms with van der Waals surface area (Å²) >= 11 is 0. The molecule has 1 saturated carbocycles. The molecule has 0 spiro atoms. The van der Waals surface area contributed by atoms with E-state index in [1.165, 1.54) is 0 Å². The van der Waals surface area contributed by atoms with Crippen molar-refractivity contribution in [2.45, 2.75) is 38.3 Å². The van der Waals surface area contributed by atoms with Gasteiger partial charge in [-0.25, -0.2) is 4.98 Å². The highest BCUT2D eigenvalue weighted by Gasteiger charge is 2.35. The summed E-state index contributed by atoms with van der Waals surface area (Å²) in [6.07, 6.45) is 3.20. The second-order valence-electron chi connectivity index (χ2n) is 6.73. The van der Waals surface area contributed by atoms with E-state index >= 15 is 0 Å². The highest BCUT2D eigenvalue weighted by atomic mass is 16.5. The number of methoxy groups -OCH3 is 1. The monoisotopic (exact) mass is 340 g/mol. The van der Waals surface area contributed by atoms with Gasteiger partial charge < -0.3 is 15.2 Å². The Morgan fingerprint density at radius 2 is 2.16 bits per heavy atom. The van der Waals surface area contributed by atoms with Gasteiger partial charge in [-0.15, -0.1) is 0 Å². The van der Waals surface area contributed by atoms with Gasteiger partial charge in [0, 0.05) is 12.3 Å². The number of nitrogens with one attached hydrogen (secondary N) is 1. The van der Waals surface area contributed by atoms with Gasteiger partial charge in [-0.3, -0.25) is 4.79 Å². The second kappa shape index (κ2) is 7.66. The molecule has 2 N–H and O–H groups in total. The Balaban J connectivity index is 1.71. The summed E-state index contributed by atoms with van der Waals surface area (Å²) in [6, 6.07) is 11.5. The Morgan fingerprint density at radius 3 is 2.76 bits per heavy atom. The topological polar surface area (TPSA) is 71.5 Å². The van der Waals surface area contributed by atoms with Gasteiger partial charge in [-0.1, -0.05) is 35.9 Å². The molecule has 0 bridgehead atoms. The molecule has 25 heavy (non-hydrogen) atoms. The van der Waals surface area contributed by atoms with Gasteiger partial charge in [0.1, 0.15) is 0 Å². The number of hydrogen-bond donors (Lipinski definition) is 2. The first-order chi connectivity index (χ1) is 12.0. The molecule has 1 atom stereocenters. The van der Waals surface area contributed by atoms with E-state index in [0.717, 1.165) is 16.7 Å². The van der Waals surface area contributed by atoms with Crippen molar-refractivity contribution in [3.8, 4) is 5.88 Å². The zero-order valence-corrected chi connectivity index (χ0v) is 14.6. The van der Waals surface area contributed by atoms with E-state index in [0.29, 0.717) is 25.1 Å². The number of aliphatic hydroxyl groups is 1. The van der Waals surface area contributed by atoms with Gasteiger partial charge in [0.05, 0.1) is 25.7 Å². The number of aliphatic hydroxyl groups excluding tert-OH is 1. The zero-order chi connectivity index (χ0) is 17.8. The third-order valence-corrected chi connectivity index (χ3v) is 4.71. The zero-order valence-electron chi connectivity index (χ0n) is 14.6. The highest BCUT2D eigenvalue weighted by molar-refractivity contribution is 5.79. The molecule has 1 fully saturated rings. The lowest BCUT2D eigenvalue weighted by molar-refractivity contribution is -0.122. The van der Waals surface area contributed by atoms with Crippen LogP contribution in [0.1, 0.15) is 35.6 Å².